The van der Waals surface area contributed by atoms with E-state index < -0.39 is 6.04 Å². The highest BCUT2D eigenvalue weighted by Gasteiger charge is 2.18. The fourth-order valence-corrected chi connectivity index (χ4v) is 3.68. The van der Waals surface area contributed by atoms with E-state index in [1.54, 1.807) is 0 Å². The number of amides is 1. The van der Waals surface area contributed by atoms with Gasteiger partial charge in [-0.3, -0.25) is 9.59 Å². The number of hydrogen-bond donors (Lipinski definition) is 2. The van der Waals surface area contributed by atoms with E-state index in [0.717, 1.165) is 16.5 Å². The number of aromatic amines is 1. The Labute approximate surface area is 171 Å². The number of carbonyl (C=O) groups excluding carboxylic acids is 2. The molecule has 0 fully saturated rings. The van der Waals surface area contributed by atoms with Gasteiger partial charge in [-0.05, 0) is 25.0 Å². The van der Waals surface area contributed by atoms with E-state index in [1.165, 1.54) is 18.7 Å². The minimum atomic E-state index is -0.555. The van der Waals surface area contributed by atoms with Gasteiger partial charge in [-0.2, -0.15) is 0 Å². The Hall–Kier alpha value is -3.26. The Balaban J connectivity index is 1.40. The molecule has 0 radical (unpaired) electrons. The standard InChI is InChI=1S/C21H19N5O2S/c1-13(27)17(11-14-7-3-2-4-8-14)22-18(28)12-29-21-24-20-19(25-26-21)15-9-5-6-10-16(15)23-20/h2-10,17H,11-12H2,1H3,(H,22,28)(H,23,24,26)/t17-/m0/s1. The zero-order chi connectivity index (χ0) is 20.2. The molecule has 2 heterocycles. The molecular weight excluding hydrogens is 386 g/mol. The average molecular weight is 405 g/mol. The molecule has 0 saturated carbocycles. The number of ketones is 1. The number of nitrogens with zero attached hydrogens (tertiary/aromatic N) is 3. The Morgan fingerprint density at radius 1 is 1.07 bits per heavy atom. The summed E-state index contributed by atoms with van der Waals surface area (Å²) in [5, 5.41) is 12.5. The van der Waals surface area contributed by atoms with Crippen molar-refractivity contribution in [2.24, 2.45) is 0 Å². The molecule has 146 valence electrons. The van der Waals surface area contributed by atoms with Gasteiger partial charge < -0.3 is 10.3 Å². The van der Waals surface area contributed by atoms with Crippen molar-refractivity contribution in [2.45, 2.75) is 24.5 Å². The fraction of sp³-hybridized carbons (Fsp3) is 0.190. The SMILES string of the molecule is CC(=O)[C@H](Cc1ccccc1)NC(=O)CSc1nnc2c(n1)[nH]c1ccccc12. The topological polar surface area (TPSA) is 101 Å². The highest BCUT2D eigenvalue weighted by Crippen LogP contribution is 2.23. The van der Waals surface area contributed by atoms with Crippen LogP contribution in [0, 0.1) is 0 Å². The lowest BCUT2D eigenvalue weighted by Crippen LogP contribution is -2.42. The van der Waals surface area contributed by atoms with Crippen LogP contribution in [0.1, 0.15) is 12.5 Å². The number of hydrogen-bond acceptors (Lipinski definition) is 6. The predicted octanol–water partition coefficient (Wildman–Crippen LogP) is 2.91. The van der Waals surface area contributed by atoms with Crippen molar-refractivity contribution < 1.29 is 9.59 Å². The molecule has 2 aromatic carbocycles. The van der Waals surface area contributed by atoms with Gasteiger partial charge in [0.1, 0.15) is 5.52 Å². The Bertz CT molecular complexity index is 1180. The summed E-state index contributed by atoms with van der Waals surface area (Å²) in [6.45, 7) is 1.48. The van der Waals surface area contributed by atoms with Gasteiger partial charge in [0.2, 0.25) is 11.1 Å². The van der Waals surface area contributed by atoms with E-state index >= 15 is 0 Å². The summed E-state index contributed by atoms with van der Waals surface area (Å²) in [6, 6.07) is 16.8. The lowest BCUT2D eigenvalue weighted by Gasteiger charge is -2.15. The summed E-state index contributed by atoms with van der Waals surface area (Å²) in [5.74, 6) is -0.220. The van der Waals surface area contributed by atoms with Crippen LogP contribution in [0.25, 0.3) is 22.1 Å². The zero-order valence-corrected chi connectivity index (χ0v) is 16.6. The minimum absolute atomic E-state index is 0.0791. The van der Waals surface area contributed by atoms with Gasteiger partial charge in [-0.25, -0.2) is 4.98 Å². The number of rotatable bonds is 7. The largest absolute Gasteiger partial charge is 0.345 e. The van der Waals surface area contributed by atoms with Gasteiger partial charge in [0.25, 0.3) is 0 Å². The maximum Gasteiger partial charge on any atom is 0.231 e. The summed E-state index contributed by atoms with van der Waals surface area (Å²) < 4.78 is 0. The lowest BCUT2D eigenvalue weighted by molar-refractivity contribution is -0.125. The van der Waals surface area contributed by atoms with Crippen LogP contribution < -0.4 is 5.32 Å². The molecule has 8 heteroatoms. The first kappa shape index (κ1) is 19.1. The van der Waals surface area contributed by atoms with E-state index in [-0.39, 0.29) is 17.4 Å². The summed E-state index contributed by atoms with van der Waals surface area (Å²) in [4.78, 5) is 31.9. The van der Waals surface area contributed by atoms with Gasteiger partial charge in [-0.1, -0.05) is 60.3 Å². The number of thioether (sulfide) groups is 1. The quantitative estimate of drug-likeness (QED) is 0.459. The van der Waals surface area contributed by atoms with Crippen LogP contribution in [0.5, 0.6) is 0 Å². The molecule has 0 unspecified atom stereocenters. The Morgan fingerprint density at radius 2 is 1.83 bits per heavy atom. The van der Waals surface area contributed by atoms with Gasteiger partial charge in [-0.15, -0.1) is 10.2 Å². The molecule has 4 rings (SSSR count). The van der Waals surface area contributed by atoms with E-state index in [0.29, 0.717) is 22.7 Å². The number of benzene rings is 2. The number of nitrogens with one attached hydrogen (secondary N) is 2. The zero-order valence-electron chi connectivity index (χ0n) is 15.8. The van der Waals surface area contributed by atoms with Crippen LogP contribution in [0.15, 0.2) is 59.8 Å². The number of fused-ring (bicyclic) bond motifs is 3. The molecule has 2 aromatic heterocycles. The van der Waals surface area contributed by atoms with Gasteiger partial charge >= 0.3 is 0 Å². The highest BCUT2D eigenvalue weighted by molar-refractivity contribution is 7.99. The second kappa shape index (κ2) is 8.40. The van der Waals surface area contributed by atoms with E-state index in [1.807, 2.05) is 54.6 Å². The number of carbonyl (C=O) groups is 2. The molecule has 1 amide bonds. The summed E-state index contributed by atoms with van der Waals surface area (Å²) in [5.41, 5.74) is 3.27. The second-order valence-corrected chi connectivity index (χ2v) is 7.61. The third kappa shape index (κ3) is 4.43. The van der Waals surface area contributed by atoms with Crippen molar-refractivity contribution in [3.63, 3.8) is 0 Å². The third-order valence-electron chi connectivity index (χ3n) is 4.54. The van der Waals surface area contributed by atoms with Crippen molar-refractivity contribution in [2.75, 3.05) is 5.75 Å². The van der Waals surface area contributed by atoms with E-state index in [4.69, 9.17) is 0 Å². The number of Topliss-reactive ketones (excluding diaryl/α,β-unsaturated/α-hetero) is 1. The van der Waals surface area contributed by atoms with Crippen molar-refractivity contribution in [3.05, 3.63) is 60.2 Å². The van der Waals surface area contributed by atoms with Gasteiger partial charge in [0.15, 0.2) is 11.4 Å². The third-order valence-corrected chi connectivity index (χ3v) is 5.38. The molecule has 0 spiro atoms. The van der Waals surface area contributed by atoms with Gasteiger partial charge in [0.05, 0.1) is 11.8 Å². The van der Waals surface area contributed by atoms with Crippen LogP contribution >= 0.6 is 11.8 Å². The molecule has 0 bridgehead atoms. The van der Waals surface area contributed by atoms with Crippen molar-refractivity contribution in [1.82, 2.24) is 25.5 Å². The van der Waals surface area contributed by atoms with Crippen molar-refractivity contribution in [3.8, 4) is 0 Å². The van der Waals surface area contributed by atoms with Crippen LogP contribution in [-0.4, -0.2) is 43.7 Å². The molecule has 0 aliphatic rings. The average Bonchev–Trinajstić information content (AvgIpc) is 3.10. The van der Waals surface area contributed by atoms with Crippen molar-refractivity contribution in [1.29, 1.82) is 0 Å². The summed E-state index contributed by atoms with van der Waals surface area (Å²) in [7, 11) is 0. The molecule has 0 saturated heterocycles. The summed E-state index contributed by atoms with van der Waals surface area (Å²) in [6.07, 6.45) is 0.464. The normalized spacial score (nSPS) is 12.2. The molecular formula is C21H19N5O2S. The lowest BCUT2D eigenvalue weighted by atomic mass is 10.0. The number of aromatic nitrogens is 4. The smallest absolute Gasteiger partial charge is 0.231 e. The molecule has 0 aliphatic heterocycles. The summed E-state index contributed by atoms with van der Waals surface area (Å²) >= 11 is 1.19. The molecule has 7 nitrogen and oxygen atoms in total. The molecule has 4 aromatic rings. The Kier molecular flexibility index (Phi) is 5.53. The maximum atomic E-state index is 12.4. The second-order valence-electron chi connectivity index (χ2n) is 6.67. The van der Waals surface area contributed by atoms with Crippen molar-refractivity contribution >= 4 is 45.5 Å². The molecule has 29 heavy (non-hydrogen) atoms. The Morgan fingerprint density at radius 3 is 2.62 bits per heavy atom. The first-order chi connectivity index (χ1) is 14.1. The molecule has 1 atom stereocenters. The highest BCUT2D eigenvalue weighted by atomic mass is 32.2. The predicted molar refractivity (Wildman–Crippen MR) is 113 cm³/mol. The van der Waals surface area contributed by atoms with Gasteiger partial charge in [0, 0.05) is 10.9 Å². The molecule has 2 N–H and O–H groups in total. The first-order valence-electron chi connectivity index (χ1n) is 9.18. The molecule has 0 aliphatic carbocycles. The van der Waals surface area contributed by atoms with Crippen LogP contribution in [0.4, 0.5) is 0 Å². The van der Waals surface area contributed by atoms with Crippen LogP contribution in [-0.2, 0) is 16.0 Å². The first-order valence-corrected chi connectivity index (χ1v) is 10.2. The maximum absolute atomic E-state index is 12.4. The fourth-order valence-electron chi connectivity index (χ4n) is 3.08. The number of para-hydroxylation sites is 1. The monoisotopic (exact) mass is 405 g/mol. The van der Waals surface area contributed by atoms with Crippen LogP contribution in [0.2, 0.25) is 0 Å². The van der Waals surface area contributed by atoms with E-state index in [2.05, 4.69) is 25.5 Å². The number of H-pyrrole nitrogens is 1. The van der Waals surface area contributed by atoms with E-state index in [9.17, 15) is 9.59 Å². The van der Waals surface area contributed by atoms with Crippen LogP contribution in [0.3, 0.4) is 0 Å². The minimum Gasteiger partial charge on any atom is -0.345 e.